The van der Waals surface area contributed by atoms with Gasteiger partial charge in [0.05, 0.1) is 12.4 Å². The van der Waals surface area contributed by atoms with Crippen LogP contribution < -0.4 is 10.6 Å². The molecule has 0 aliphatic carbocycles. The smallest absolute Gasteiger partial charge is 0.325 e. The van der Waals surface area contributed by atoms with Gasteiger partial charge in [-0.25, -0.2) is 4.79 Å². The molecular weight excluding hydrogens is 360 g/mol. The van der Waals surface area contributed by atoms with Crippen molar-refractivity contribution in [2.75, 3.05) is 23.0 Å². The third kappa shape index (κ3) is 6.05. The lowest BCUT2D eigenvalue weighted by atomic mass is 10.3. The van der Waals surface area contributed by atoms with Crippen molar-refractivity contribution < 1.29 is 14.3 Å². The molecule has 122 valence electrons. The first-order chi connectivity index (χ1) is 11.1. The third-order valence-electron chi connectivity index (χ3n) is 2.35. The average molecular weight is 373 g/mol. The zero-order chi connectivity index (χ0) is 16.7. The van der Waals surface area contributed by atoms with Crippen LogP contribution in [0, 0.1) is 0 Å². The number of anilines is 2. The van der Waals surface area contributed by atoms with Gasteiger partial charge < -0.3 is 10.1 Å². The number of amides is 2. The highest BCUT2D eigenvalue weighted by atomic mass is 35.5. The molecule has 2 amide bonds. The summed E-state index contributed by atoms with van der Waals surface area (Å²) in [6.45, 7) is 2.09. The third-order valence-corrected chi connectivity index (χ3v) is 4.55. The van der Waals surface area contributed by atoms with E-state index in [9.17, 15) is 9.59 Å². The normalized spacial score (nSPS) is 10.2. The highest BCUT2D eigenvalue weighted by Gasteiger charge is 2.11. The van der Waals surface area contributed by atoms with Gasteiger partial charge in [-0.1, -0.05) is 34.7 Å². The topological polar surface area (TPSA) is 93.2 Å². The number of hydrogen-bond donors (Lipinski definition) is 2. The van der Waals surface area contributed by atoms with Gasteiger partial charge >= 0.3 is 12.0 Å². The molecule has 0 fully saturated rings. The fourth-order valence-electron chi connectivity index (χ4n) is 1.43. The van der Waals surface area contributed by atoms with Crippen molar-refractivity contribution in [3.8, 4) is 0 Å². The molecule has 1 aromatic carbocycles. The second kappa shape index (κ2) is 8.70. The van der Waals surface area contributed by atoms with E-state index in [2.05, 4.69) is 20.8 Å². The van der Waals surface area contributed by atoms with Crippen LogP contribution in [0.4, 0.5) is 15.6 Å². The lowest BCUT2D eigenvalue weighted by Crippen LogP contribution is -2.19. The minimum Gasteiger partial charge on any atom is -0.465 e. The van der Waals surface area contributed by atoms with Crippen molar-refractivity contribution in [3.63, 3.8) is 0 Å². The predicted molar refractivity (Wildman–Crippen MR) is 91.4 cm³/mol. The Labute approximate surface area is 145 Å². The van der Waals surface area contributed by atoms with E-state index in [0.29, 0.717) is 26.8 Å². The van der Waals surface area contributed by atoms with Crippen LogP contribution in [0.3, 0.4) is 0 Å². The lowest BCUT2D eigenvalue weighted by molar-refractivity contribution is -0.139. The number of nitrogens with one attached hydrogen (secondary N) is 2. The number of carbonyl (C=O) groups excluding carboxylic acids is 2. The highest BCUT2D eigenvalue weighted by molar-refractivity contribution is 8.01. The largest absolute Gasteiger partial charge is 0.465 e. The van der Waals surface area contributed by atoms with E-state index in [-0.39, 0.29) is 11.7 Å². The first-order valence-electron chi connectivity index (χ1n) is 6.52. The minimum absolute atomic E-state index is 0.152. The number of carbonyl (C=O) groups is 2. The Bertz CT molecular complexity index is 678. The minimum atomic E-state index is -0.439. The molecule has 0 bridgehead atoms. The number of ether oxygens (including phenoxy) is 1. The Morgan fingerprint density at radius 3 is 2.70 bits per heavy atom. The molecule has 1 heterocycles. The number of nitrogens with zero attached hydrogens (tertiary/aromatic N) is 2. The fourth-order valence-corrected chi connectivity index (χ4v) is 3.11. The molecule has 7 nitrogen and oxygen atoms in total. The van der Waals surface area contributed by atoms with Crippen molar-refractivity contribution in [2.24, 2.45) is 0 Å². The van der Waals surface area contributed by atoms with Crippen LogP contribution in [-0.4, -0.2) is 34.6 Å². The molecule has 0 aliphatic heterocycles. The van der Waals surface area contributed by atoms with Gasteiger partial charge in [0, 0.05) is 10.7 Å². The van der Waals surface area contributed by atoms with Gasteiger partial charge in [-0.15, -0.1) is 10.2 Å². The summed E-state index contributed by atoms with van der Waals surface area (Å²) in [6, 6.07) is 6.27. The quantitative estimate of drug-likeness (QED) is 0.458. The number of hydrogen-bond acceptors (Lipinski definition) is 7. The maximum atomic E-state index is 11.8. The Kier molecular flexibility index (Phi) is 6.63. The van der Waals surface area contributed by atoms with Gasteiger partial charge in [0.25, 0.3) is 0 Å². The van der Waals surface area contributed by atoms with E-state index in [1.165, 1.54) is 23.1 Å². The fraction of sp³-hybridized carbons (Fsp3) is 0.231. The molecule has 1 aromatic heterocycles. The first kappa shape index (κ1) is 17.5. The number of urea groups is 1. The summed E-state index contributed by atoms with van der Waals surface area (Å²) >= 11 is 8.15. The Hall–Kier alpha value is -1.84. The number of halogens is 1. The van der Waals surface area contributed by atoms with E-state index >= 15 is 0 Å². The van der Waals surface area contributed by atoms with Gasteiger partial charge in [-0.2, -0.15) is 0 Å². The van der Waals surface area contributed by atoms with E-state index in [4.69, 9.17) is 16.3 Å². The Morgan fingerprint density at radius 1 is 1.26 bits per heavy atom. The van der Waals surface area contributed by atoms with Gasteiger partial charge in [0.1, 0.15) is 0 Å². The molecule has 2 rings (SSSR count). The molecule has 0 radical (unpaired) electrons. The molecule has 0 aliphatic rings. The van der Waals surface area contributed by atoms with Gasteiger partial charge in [-0.05, 0) is 31.2 Å². The van der Waals surface area contributed by atoms with Crippen LogP contribution in [-0.2, 0) is 9.53 Å². The van der Waals surface area contributed by atoms with Gasteiger partial charge in [0.15, 0.2) is 4.34 Å². The predicted octanol–water partition coefficient (Wildman–Crippen LogP) is 3.49. The summed E-state index contributed by atoms with van der Waals surface area (Å²) in [5.41, 5.74) is 0.605. The van der Waals surface area contributed by atoms with E-state index in [0.717, 1.165) is 0 Å². The number of rotatable bonds is 6. The van der Waals surface area contributed by atoms with E-state index in [1.54, 1.807) is 31.2 Å². The molecule has 0 atom stereocenters. The number of esters is 1. The summed E-state index contributed by atoms with van der Waals surface area (Å²) in [5.74, 6) is -0.165. The molecule has 23 heavy (non-hydrogen) atoms. The average Bonchev–Trinajstić information content (AvgIpc) is 2.95. The highest BCUT2D eigenvalue weighted by Crippen LogP contribution is 2.25. The van der Waals surface area contributed by atoms with Crippen molar-refractivity contribution in [1.29, 1.82) is 0 Å². The summed E-state index contributed by atoms with van der Waals surface area (Å²) in [5, 5.41) is 13.9. The molecule has 0 unspecified atom stereocenters. The zero-order valence-electron chi connectivity index (χ0n) is 12.0. The summed E-state index contributed by atoms with van der Waals surface area (Å²) in [4.78, 5) is 23.1. The van der Waals surface area contributed by atoms with Crippen LogP contribution in [0.15, 0.2) is 28.6 Å². The van der Waals surface area contributed by atoms with Crippen molar-refractivity contribution in [1.82, 2.24) is 10.2 Å². The van der Waals surface area contributed by atoms with Gasteiger partial charge in [-0.3, -0.25) is 10.1 Å². The number of aromatic nitrogens is 2. The molecule has 2 N–H and O–H groups in total. The molecular formula is C13H13ClN4O3S2. The second-order valence-electron chi connectivity index (χ2n) is 4.05. The lowest BCUT2D eigenvalue weighted by Gasteiger charge is -2.04. The molecule has 0 saturated carbocycles. The summed E-state index contributed by atoms with van der Waals surface area (Å²) in [6.07, 6.45) is 0. The number of benzene rings is 1. The van der Waals surface area contributed by atoms with Crippen LogP contribution in [0.1, 0.15) is 6.92 Å². The van der Waals surface area contributed by atoms with E-state index < -0.39 is 6.03 Å². The van der Waals surface area contributed by atoms with Gasteiger partial charge in [0.2, 0.25) is 5.13 Å². The maximum absolute atomic E-state index is 11.8. The molecule has 2 aromatic rings. The summed E-state index contributed by atoms with van der Waals surface area (Å²) < 4.78 is 5.39. The zero-order valence-corrected chi connectivity index (χ0v) is 14.4. The van der Waals surface area contributed by atoms with E-state index in [1.807, 2.05) is 0 Å². The SMILES string of the molecule is CCOC(=O)CSc1nnc(NC(=O)Nc2ccc(Cl)cc2)s1. The Morgan fingerprint density at radius 2 is 2.00 bits per heavy atom. The first-order valence-corrected chi connectivity index (χ1v) is 8.70. The van der Waals surface area contributed by atoms with Crippen molar-refractivity contribution >= 4 is 57.5 Å². The Balaban J connectivity index is 1.82. The van der Waals surface area contributed by atoms with Crippen molar-refractivity contribution in [3.05, 3.63) is 29.3 Å². The van der Waals surface area contributed by atoms with Crippen LogP contribution >= 0.6 is 34.7 Å². The van der Waals surface area contributed by atoms with Crippen LogP contribution in [0.5, 0.6) is 0 Å². The number of thioether (sulfide) groups is 1. The van der Waals surface area contributed by atoms with Crippen LogP contribution in [0.25, 0.3) is 0 Å². The second-order valence-corrected chi connectivity index (χ2v) is 6.69. The summed E-state index contributed by atoms with van der Waals surface area (Å²) in [7, 11) is 0. The molecule has 0 spiro atoms. The molecule has 10 heteroatoms. The van der Waals surface area contributed by atoms with Crippen molar-refractivity contribution in [2.45, 2.75) is 11.3 Å². The molecule has 0 saturated heterocycles. The van der Waals surface area contributed by atoms with Crippen LogP contribution in [0.2, 0.25) is 5.02 Å². The monoisotopic (exact) mass is 372 g/mol. The standard InChI is InChI=1S/C13H13ClN4O3S2/c1-2-21-10(19)7-22-13-18-17-12(23-13)16-11(20)15-9-5-3-8(14)4-6-9/h3-6H,2,7H2,1H3,(H2,15,16,17,20). The maximum Gasteiger partial charge on any atom is 0.325 e.